The first-order valence-corrected chi connectivity index (χ1v) is 10.7. The Morgan fingerprint density at radius 2 is 2.00 bits per heavy atom. The zero-order chi connectivity index (χ0) is 23.5. The van der Waals surface area contributed by atoms with Crippen LogP contribution in [0.4, 0.5) is 18.9 Å². The number of methoxy groups -OCH3 is 1. The Labute approximate surface area is 190 Å². The number of aromatic nitrogens is 2. The Hall–Kier alpha value is -2.56. The number of hydrogen-bond acceptors (Lipinski definition) is 5. The second-order valence-corrected chi connectivity index (χ2v) is 8.52. The molecule has 0 bridgehead atoms. The fraction of sp³-hybridized carbons (Fsp3) is 0.286. The van der Waals surface area contributed by atoms with E-state index in [1.54, 1.807) is 31.2 Å². The van der Waals surface area contributed by atoms with Crippen molar-refractivity contribution in [2.45, 2.75) is 30.1 Å². The summed E-state index contributed by atoms with van der Waals surface area (Å²) in [5.74, 6) is -0.586. The van der Waals surface area contributed by atoms with Gasteiger partial charge in [-0.1, -0.05) is 35.5 Å². The molecule has 11 heteroatoms. The summed E-state index contributed by atoms with van der Waals surface area (Å²) in [5.41, 5.74) is -0.879. The molecule has 6 nitrogen and oxygen atoms in total. The van der Waals surface area contributed by atoms with Gasteiger partial charge in [0.25, 0.3) is 5.56 Å². The summed E-state index contributed by atoms with van der Waals surface area (Å²) >= 11 is 6.97. The second kappa shape index (κ2) is 9.93. The number of hydrogen-bond donors (Lipinski definition) is 1. The molecule has 1 N–H and O–H groups in total. The monoisotopic (exact) mass is 485 g/mol. The quantitative estimate of drug-likeness (QED) is 0.383. The van der Waals surface area contributed by atoms with Crippen molar-refractivity contribution < 1.29 is 22.7 Å². The van der Waals surface area contributed by atoms with Crippen molar-refractivity contribution in [2.24, 2.45) is 0 Å². The van der Waals surface area contributed by atoms with E-state index in [0.717, 1.165) is 30.0 Å². The summed E-state index contributed by atoms with van der Waals surface area (Å²) in [6.45, 7) is 2.04. The first-order chi connectivity index (χ1) is 15.1. The molecule has 170 valence electrons. The summed E-state index contributed by atoms with van der Waals surface area (Å²) < 4.78 is 45.4. The molecule has 0 aliphatic heterocycles. The lowest BCUT2D eigenvalue weighted by Gasteiger charge is -2.17. The molecule has 0 spiro atoms. The molecule has 1 aromatic heterocycles. The number of ether oxygens (including phenoxy) is 1. The summed E-state index contributed by atoms with van der Waals surface area (Å²) in [7, 11) is 1.50. The van der Waals surface area contributed by atoms with Gasteiger partial charge in [0.15, 0.2) is 5.16 Å². The van der Waals surface area contributed by atoms with Crippen molar-refractivity contribution in [3.63, 3.8) is 0 Å². The number of benzene rings is 2. The molecule has 32 heavy (non-hydrogen) atoms. The number of halogens is 4. The zero-order valence-electron chi connectivity index (χ0n) is 17.1. The van der Waals surface area contributed by atoms with Crippen LogP contribution in [0.15, 0.2) is 52.4 Å². The van der Waals surface area contributed by atoms with Crippen LogP contribution in [0, 0.1) is 0 Å². The molecule has 3 aromatic rings. The SMILES string of the molecule is COCCn1c(S[C@H](C)C(=O)Nc2cc(C(F)(F)F)ccc2Cl)nc2ccccc2c1=O. The van der Waals surface area contributed by atoms with Crippen molar-refractivity contribution in [3.8, 4) is 0 Å². The molecule has 1 atom stereocenters. The maximum atomic E-state index is 13.0. The van der Waals surface area contributed by atoms with Crippen LogP contribution in [-0.2, 0) is 22.3 Å². The number of carbonyl (C=O) groups excluding carboxylic acids is 1. The highest BCUT2D eigenvalue weighted by molar-refractivity contribution is 8.00. The molecule has 0 fully saturated rings. The van der Waals surface area contributed by atoms with E-state index >= 15 is 0 Å². The number of amides is 1. The number of fused-ring (bicyclic) bond motifs is 1. The number of para-hydroxylation sites is 1. The van der Waals surface area contributed by atoms with E-state index in [0.29, 0.717) is 16.1 Å². The van der Waals surface area contributed by atoms with Gasteiger partial charge >= 0.3 is 6.18 Å². The van der Waals surface area contributed by atoms with Gasteiger partial charge < -0.3 is 10.1 Å². The fourth-order valence-corrected chi connectivity index (χ4v) is 3.96. The molecular weight excluding hydrogens is 467 g/mol. The average Bonchev–Trinajstić information content (AvgIpc) is 2.74. The molecule has 1 heterocycles. The number of nitrogens with zero attached hydrogens (tertiary/aromatic N) is 2. The molecule has 0 aliphatic carbocycles. The number of alkyl halides is 3. The Balaban J connectivity index is 1.87. The lowest BCUT2D eigenvalue weighted by atomic mass is 10.2. The molecule has 1 amide bonds. The van der Waals surface area contributed by atoms with E-state index in [1.165, 1.54) is 11.7 Å². The summed E-state index contributed by atoms with van der Waals surface area (Å²) in [5, 5.41) is 2.34. The van der Waals surface area contributed by atoms with Gasteiger partial charge in [-0.05, 0) is 37.3 Å². The standard InChI is InChI=1S/C21H19ClF3N3O3S/c1-12(18(29)26-17-11-13(21(23,24)25)7-8-15(17)22)32-20-27-16-6-4-3-5-14(16)19(30)28(20)9-10-31-2/h3-8,11-12H,9-10H2,1-2H3,(H,26,29)/t12-/m1/s1. The van der Waals surface area contributed by atoms with Crippen LogP contribution >= 0.6 is 23.4 Å². The van der Waals surface area contributed by atoms with Gasteiger partial charge in [-0.3, -0.25) is 14.2 Å². The molecule has 0 unspecified atom stereocenters. The number of thioether (sulfide) groups is 1. The highest BCUT2D eigenvalue weighted by Gasteiger charge is 2.31. The van der Waals surface area contributed by atoms with E-state index < -0.39 is 22.9 Å². The third-order valence-electron chi connectivity index (χ3n) is 4.55. The van der Waals surface area contributed by atoms with Crippen LogP contribution in [0.25, 0.3) is 10.9 Å². The van der Waals surface area contributed by atoms with Crippen molar-refractivity contribution in [1.29, 1.82) is 0 Å². The topological polar surface area (TPSA) is 73.2 Å². The second-order valence-electron chi connectivity index (χ2n) is 6.80. The van der Waals surface area contributed by atoms with Crippen LogP contribution in [0.3, 0.4) is 0 Å². The normalized spacial score (nSPS) is 12.7. The van der Waals surface area contributed by atoms with E-state index in [-0.39, 0.29) is 29.4 Å². The van der Waals surface area contributed by atoms with Gasteiger partial charge in [0.1, 0.15) is 0 Å². The zero-order valence-corrected chi connectivity index (χ0v) is 18.6. The Morgan fingerprint density at radius 1 is 1.28 bits per heavy atom. The molecule has 0 saturated carbocycles. The third kappa shape index (κ3) is 5.43. The van der Waals surface area contributed by atoms with Crippen molar-refractivity contribution in [3.05, 3.63) is 63.4 Å². The summed E-state index contributed by atoms with van der Waals surface area (Å²) in [6.07, 6.45) is -4.57. The van der Waals surface area contributed by atoms with Crippen molar-refractivity contribution in [1.82, 2.24) is 9.55 Å². The van der Waals surface area contributed by atoms with Gasteiger partial charge in [0.2, 0.25) is 5.91 Å². The minimum absolute atomic E-state index is 0.0237. The van der Waals surface area contributed by atoms with E-state index in [2.05, 4.69) is 10.3 Å². The minimum atomic E-state index is -4.57. The minimum Gasteiger partial charge on any atom is -0.383 e. The lowest BCUT2D eigenvalue weighted by Crippen LogP contribution is -2.28. The summed E-state index contributed by atoms with van der Waals surface area (Å²) in [4.78, 5) is 30.1. The molecule has 2 aromatic carbocycles. The van der Waals surface area contributed by atoms with Gasteiger partial charge in [-0.2, -0.15) is 13.2 Å². The molecular formula is C21H19ClF3N3O3S. The molecule has 0 aliphatic rings. The Bertz CT molecular complexity index is 1200. The average molecular weight is 486 g/mol. The number of carbonyl (C=O) groups is 1. The highest BCUT2D eigenvalue weighted by Crippen LogP contribution is 2.34. The van der Waals surface area contributed by atoms with Gasteiger partial charge in [0, 0.05) is 7.11 Å². The molecule has 0 radical (unpaired) electrons. The molecule has 3 rings (SSSR count). The number of rotatable bonds is 7. The van der Waals surface area contributed by atoms with Crippen molar-refractivity contribution in [2.75, 3.05) is 19.0 Å². The Kier molecular flexibility index (Phi) is 7.47. The first-order valence-electron chi connectivity index (χ1n) is 9.44. The fourth-order valence-electron chi connectivity index (χ4n) is 2.86. The lowest BCUT2D eigenvalue weighted by molar-refractivity contribution is -0.137. The third-order valence-corrected chi connectivity index (χ3v) is 5.97. The Morgan fingerprint density at radius 3 is 2.69 bits per heavy atom. The van der Waals surface area contributed by atoms with E-state index in [4.69, 9.17) is 16.3 Å². The van der Waals surface area contributed by atoms with Crippen LogP contribution < -0.4 is 10.9 Å². The van der Waals surface area contributed by atoms with Crippen LogP contribution in [0.1, 0.15) is 12.5 Å². The smallest absolute Gasteiger partial charge is 0.383 e. The predicted molar refractivity (Wildman–Crippen MR) is 118 cm³/mol. The van der Waals surface area contributed by atoms with E-state index in [1.807, 2.05) is 0 Å². The van der Waals surface area contributed by atoms with E-state index in [9.17, 15) is 22.8 Å². The van der Waals surface area contributed by atoms with Crippen LogP contribution in [-0.4, -0.2) is 34.4 Å². The maximum absolute atomic E-state index is 13.0. The van der Waals surface area contributed by atoms with Gasteiger partial charge in [-0.15, -0.1) is 0 Å². The summed E-state index contributed by atoms with van der Waals surface area (Å²) in [6, 6.07) is 9.51. The predicted octanol–water partition coefficient (Wildman–Crippen LogP) is 4.83. The number of nitrogens with one attached hydrogen (secondary N) is 1. The molecule has 0 saturated heterocycles. The van der Waals surface area contributed by atoms with Gasteiger partial charge in [-0.25, -0.2) is 4.98 Å². The van der Waals surface area contributed by atoms with Crippen LogP contribution in [0.5, 0.6) is 0 Å². The first kappa shape index (κ1) is 24.1. The maximum Gasteiger partial charge on any atom is 0.416 e. The van der Waals surface area contributed by atoms with Crippen molar-refractivity contribution >= 4 is 45.9 Å². The number of anilines is 1. The van der Waals surface area contributed by atoms with Gasteiger partial charge in [0.05, 0.1) is 45.6 Å². The largest absolute Gasteiger partial charge is 0.416 e. The van der Waals surface area contributed by atoms with Crippen LogP contribution in [0.2, 0.25) is 5.02 Å². The highest BCUT2D eigenvalue weighted by atomic mass is 35.5.